The van der Waals surface area contributed by atoms with Crippen LogP contribution in [0, 0.1) is 12.8 Å². The van der Waals surface area contributed by atoms with Gasteiger partial charge in [0.2, 0.25) is 11.9 Å². The monoisotopic (exact) mass is 452 g/mol. The van der Waals surface area contributed by atoms with Gasteiger partial charge < -0.3 is 15.0 Å². The topological polar surface area (TPSA) is 87.3 Å². The van der Waals surface area contributed by atoms with E-state index in [0.717, 1.165) is 12.0 Å². The number of nitrogens with zero attached hydrogens (tertiary/aromatic N) is 2. The molecule has 2 aromatic rings. The smallest absolute Gasteiger partial charge is 0.255 e. The summed E-state index contributed by atoms with van der Waals surface area (Å²) in [5.41, 5.74) is 2.28. The lowest BCUT2D eigenvalue weighted by molar-refractivity contribution is -0.122. The maximum Gasteiger partial charge on any atom is 0.255 e. The molecule has 1 aliphatic heterocycles. The van der Waals surface area contributed by atoms with Crippen LogP contribution in [0.15, 0.2) is 35.1 Å². The van der Waals surface area contributed by atoms with Crippen LogP contribution in [-0.2, 0) is 16.0 Å². The van der Waals surface area contributed by atoms with Crippen molar-refractivity contribution in [3.8, 4) is 0 Å². The fourth-order valence-electron chi connectivity index (χ4n) is 5.04. The zero-order valence-corrected chi connectivity index (χ0v) is 19.6. The van der Waals surface area contributed by atoms with Gasteiger partial charge in [-0.3, -0.25) is 14.6 Å². The molecule has 0 bridgehead atoms. The van der Waals surface area contributed by atoms with Gasteiger partial charge >= 0.3 is 0 Å². The van der Waals surface area contributed by atoms with Crippen molar-refractivity contribution in [3.05, 3.63) is 57.5 Å². The van der Waals surface area contributed by atoms with E-state index in [4.69, 9.17) is 4.74 Å². The molecule has 1 atom stereocenters. The van der Waals surface area contributed by atoms with E-state index < -0.39 is 0 Å². The summed E-state index contributed by atoms with van der Waals surface area (Å²) >= 11 is 0. The largest absolute Gasteiger partial charge is 0.378 e. The zero-order chi connectivity index (χ0) is 23.0. The van der Waals surface area contributed by atoms with E-state index in [1.54, 1.807) is 0 Å². The summed E-state index contributed by atoms with van der Waals surface area (Å²) in [6.07, 6.45) is 8.02. The van der Waals surface area contributed by atoms with Gasteiger partial charge in [-0.1, -0.05) is 62.4 Å². The number of ether oxygens (including phenoxy) is 1. The molecular formula is C26H36N4O3. The van der Waals surface area contributed by atoms with Crippen LogP contribution in [0.25, 0.3) is 0 Å². The van der Waals surface area contributed by atoms with Gasteiger partial charge in [-0.15, -0.1) is 0 Å². The van der Waals surface area contributed by atoms with Crippen LogP contribution in [-0.4, -0.2) is 42.2 Å². The van der Waals surface area contributed by atoms with Gasteiger partial charge in [0.25, 0.3) is 5.56 Å². The second kappa shape index (κ2) is 11.5. The standard InChI is InChI=1S/C26H36N4O3/c1-19-22(25(32)29-26(27-19)30-14-16-33-17-15-30)12-13-24(31)28-23(21-10-6-3-7-11-21)18-20-8-4-2-5-9-20/h3,6-7,10-11,20,23H,2,4-5,8-9,12-18H2,1H3,(H,28,31)(H,27,29,32). The number of carbonyl (C=O) groups excluding carboxylic acids is 1. The van der Waals surface area contributed by atoms with Crippen molar-refractivity contribution in [1.29, 1.82) is 0 Å². The van der Waals surface area contributed by atoms with Crippen molar-refractivity contribution in [2.75, 3.05) is 31.2 Å². The number of carbonyl (C=O) groups is 1. The van der Waals surface area contributed by atoms with E-state index in [1.165, 1.54) is 32.1 Å². The van der Waals surface area contributed by atoms with Crippen molar-refractivity contribution < 1.29 is 9.53 Å². The Balaban J connectivity index is 1.38. The highest BCUT2D eigenvalue weighted by Crippen LogP contribution is 2.32. The summed E-state index contributed by atoms with van der Waals surface area (Å²) in [5.74, 6) is 1.23. The van der Waals surface area contributed by atoms with Crippen LogP contribution in [0.5, 0.6) is 0 Å². The molecule has 2 N–H and O–H groups in total. The number of rotatable bonds is 8. The lowest BCUT2D eigenvalue weighted by atomic mass is 9.83. The summed E-state index contributed by atoms with van der Waals surface area (Å²) < 4.78 is 5.38. The van der Waals surface area contributed by atoms with E-state index in [9.17, 15) is 9.59 Å². The lowest BCUT2D eigenvalue weighted by Gasteiger charge is -2.28. The van der Waals surface area contributed by atoms with Crippen LogP contribution < -0.4 is 15.8 Å². The van der Waals surface area contributed by atoms with Crippen LogP contribution in [0.3, 0.4) is 0 Å². The summed E-state index contributed by atoms with van der Waals surface area (Å²) in [7, 11) is 0. The van der Waals surface area contributed by atoms with Gasteiger partial charge in [0.1, 0.15) is 0 Å². The fraction of sp³-hybridized carbons (Fsp3) is 0.577. The van der Waals surface area contributed by atoms with Gasteiger partial charge in [-0.05, 0) is 31.2 Å². The summed E-state index contributed by atoms with van der Waals surface area (Å²) in [4.78, 5) is 35.2. The maximum absolute atomic E-state index is 12.9. The molecule has 4 rings (SSSR count). The molecule has 33 heavy (non-hydrogen) atoms. The molecule has 7 nitrogen and oxygen atoms in total. The van der Waals surface area contributed by atoms with E-state index in [2.05, 4.69) is 27.4 Å². The van der Waals surface area contributed by atoms with Gasteiger partial charge in [0.15, 0.2) is 0 Å². The Morgan fingerprint density at radius 3 is 2.61 bits per heavy atom. The number of hydrogen-bond acceptors (Lipinski definition) is 5. The highest BCUT2D eigenvalue weighted by molar-refractivity contribution is 5.76. The quantitative estimate of drug-likeness (QED) is 0.638. The van der Waals surface area contributed by atoms with Gasteiger partial charge in [0, 0.05) is 30.8 Å². The molecular weight excluding hydrogens is 416 g/mol. The van der Waals surface area contributed by atoms with Crippen molar-refractivity contribution in [3.63, 3.8) is 0 Å². The Bertz CT molecular complexity index is 963. The highest BCUT2D eigenvalue weighted by atomic mass is 16.5. The molecule has 1 unspecified atom stereocenters. The molecule has 1 aromatic heterocycles. The molecule has 2 aliphatic rings. The minimum Gasteiger partial charge on any atom is -0.378 e. The van der Waals surface area contributed by atoms with Crippen LogP contribution in [0.1, 0.15) is 67.8 Å². The van der Waals surface area contributed by atoms with E-state index in [0.29, 0.717) is 55.8 Å². The van der Waals surface area contributed by atoms with Gasteiger partial charge in [0.05, 0.1) is 19.3 Å². The van der Waals surface area contributed by atoms with Crippen molar-refractivity contribution in [2.45, 2.75) is 64.3 Å². The number of H-pyrrole nitrogens is 1. The molecule has 0 spiro atoms. The third-order valence-electron chi connectivity index (χ3n) is 6.95. The third kappa shape index (κ3) is 6.44. The Labute approximate surface area is 196 Å². The molecule has 1 amide bonds. The Hall–Kier alpha value is -2.67. The third-order valence-corrected chi connectivity index (χ3v) is 6.95. The number of morpholine rings is 1. The predicted molar refractivity (Wildman–Crippen MR) is 129 cm³/mol. The number of anilines is 1. The van der Waals surface area contributed by atoms with Crippen LogP contribution in [0.4, 0.5) is 5.95 Å². The maximum atomic E-state index is 12.9. The molecule has 1 aliphatic carbocycles. The summed E-state index contributed by atoms with van der Waals surface area (Å²) in [6, 6.07) is 10.3. The van der Waals surface area contributed by atoms with E-state index in [-0.39, 0.29) is 23.9 Å². The zero-order valence-electron chi connectivity index (χ0n) is 19.6. The molecule has 2 fully saturated rings. The highest BCUT2D eigenvalue weighted by Gasteiger charge is 2.22. The molecule has 1 aromatic carbocycles. The molecule has 178 valence electrons. The fourth-order valence-corrected chi connectivity index (χ4v) is 5.04. The average molecular weight is 453 g/mol. The Morgan fingerprint density at radius 2 is 1.91 bits per heavy atom. The van der Waals surface area contributed by atoms with Crippen molar-refractivity contribution >= 4 is 11.9 Å². The number of benzene rings is 1. The lowest BCUT2D eigenvalue weighted by Crippen LogP contribution is -2.38. The first kappa shape index (κ1) is 23.5. The average Bonchev–Trinajstić information content (AvgIpc) is 2.85. The van der Waals surface area contributed by atoms with Crippen LogP contribution >= 0.6 is 0 Å². The molecule has 7 heteroatoms. The normalized spacial score (nSPS) is 18.2. The number of aromatic nitrogens is 2. The van der Waals surface area contributed by atoms with E-state index >= 15 is 0 Å². The SMILES string of the molecule is Cc1nc(N2CCOCC2)[nH]c(=O)c1CCC(=O)NC(CC1CCCCC1)c1ccccc1. The first-order valence-corrected chi connectivity index (χ1v) is 12.4. The minimum atomic E-state index is -0.154. The second-order valence-electron chi connectivity index (χ2n) is 9.32. The molecule has 1 saturated heterocycles. The number of hydrogen-bond donors (Lipinski definition) is 2. The Kier molecular flexibility index (Phi) is 8.15. The summed E-state index contributed by atoms with van der Waals surface area (Å²) in [6.45, 7) is 4.54. The number of amides is 1. The molecule has 2 heterocycles. The second-order valence-corrected chi connectivity index (χ2v) is 9.32. The number of aryl methyl sites for hydroxylation is 1. The molecule has 1 saturated carbocycles. The number of aromatic amines is 1. The van der Waals surface area contributed by atoms with Crippen molar-refractivity contribution in [2.24, 2.45) is 5.92 Å². The summed E-state index contributed by atoms with van der Waals surface area (Å²) in [5, 5.41) is 3.26. The first-order valence-electron chi connectivity index (χ1n) is 12.4. The number of nitrogens with one attached hydrogen (secondary N) is 2. The van der Waals surface area contributed by atoms with Crippen LogP contribution in [0.2, 0.25) is 0 Å². The van der Waals surface area contributed by atoms with Gasteiger partial charge in [-0.2, -0.15) is 0 Å². The molecule has 0 radical (unpaired) electrons. The van der Waals surface area contributed by atoms with E-state index in [1.807, 2.05) is 30.0 Å². The Morgan fingerprint density at radius 1 is 1.18 bits per heavy atom. The predicted octanol–water partition coefficient (Wildman–Crippen LogP) is 3.68. The minimum absolute atomic E-state index is 0.0167. The van der Waals surface area contributed by atoms with Crippen molar-refractivity contribution in [1.82, 2.24) is 15.3 Å². The first-order chi connectivity index (χ1) is 16.1. The van der Waals surface area contributed by atoms with Gasteiger partial charge in [-0.25, -0.2) is 4.98 Å².